The molecule has 100 valence electrons. The van der Waals surface area contributed by atoms with Gasteiger partial charge in [-0.05, 0) is 6.07 Å². The Morgan fingerprint density at radius 1 is 1.44 bits per heavy atom. The third-order valence-corrected chi connectivity index (χ3v) is 3.04. The molecular formula is C10H15N3O5. The van der Waals surface area contributed by atoms with Gasteiger partial charge in [0.15, 0.2) is 6.23 Å². The number of ether oxygens (including phenoxy) is 1. The molecule has 1 aromatic heterocycles. The van der Waals surface area contributed by atoms with Crippen molar-refractivity contribution in [2.45, 2.75) is 18.4 Å². The highest BCUT2D eigenvalue weighted by molar-refractivity contribution is 5.23. The van der Waals surface area contributed by atoms with Crippen molar-refractivity contribution in [3.63, 3.8) is 0 Å². The van der Waals surface area contributed by atoms with Gasteiger partial charge in [0.25, 0.3) is 0 Å². The predicted molar refractivity (Wildman–Crippen MR) is 60.5 cm³/mol. The Morgan fingerprint density at radius 2 is 2.17 bits per heavy atom. The van der Waals surface area contributed by atoms with Crippen molar-refractivity contribution < 1.29 is 20.1 Å². The van der Waals surface area contributed by atoms with Gasteiger partial charge in [-0.3, -0.25) is 4.57 Å². The summed E-state index contributed by atoms with van der Waals surface area (Å²) in [6, 6.07) is 1.40. The van der Waals surface area contributed by atoms with E-state index in [1.807, 2.05) is 0 Å². The van der Waals surface area contributed by atoms with Crippen LogP contribution >= 0.6 is 0 Å². The molecule has 0 amide bonds. The Bertz CT molecular complexity index is 477. The number of hydrogen-bond donors (Lipinski definition) is 4. The van der Waals surface area contributed by atoms with Crippen molar-refractivity contribution in [2.75, 3.05) is 18.9 Å². The number of nitrogen functional groups attached to an aromatic ring is 1. The topological polar surface area (TPSA) is 131 Å². The van der Waals surface area contributed by atoms with Crippen LogP contribution in [-0.4, -0.2) is 50.3 Å². The molecule has 0 bridgehead atoms. The van der Waals surface area contributed by atoms with Gasteiger partial charge in [0, 0.05) is 12.1 Å². The normalized spacial score (nSPS) is 31.7. The van der Waals surface area contributed by atoms with Gasteiger partial charge in [-0.25, -0.2) is 4.79 Å². The molecule has 8 heteroatoms. The molecule has 5 N–H and O–H groups in total. The van der Waals surface area contributed by atoms with Crippen LogP contribution in [0.15, 0.2) is 17.1 Å². The minimum Gasteiger partial charge on any atom is -0.396 e. The average Bonchev–Trinajstić information content (AvgIpc) is 2.66. The Morgan fingerprint density at radius 3 is 2.67 bits per heavy atom. The highest BCUT2D eigenvalue weighted by atomic mass is 16.5. The van der Waals surface area contributed by atoms with Crippen LogP contribution in [-0.2, 0) is 4.74 Å². The largest absolute Gasteiger partial charge is 0.396 e. The quantitative estimate of drug-likeness (QED) is 0.478. The second-order valence-electron chi connectivity index (χ2n) is 4.13. The molecule has 1 saturated heterocycles. The van der Waals surface area contributed by atoms with Crippen molar-refractivity contribution >= 4 is 5.82 Å². The Hall–Kier alpha value is -1.48. The molecular weight excluding hydrogens is 242 g/mol. The summed E-state index contributed by atoms with van der Waals surface area (Å²) in [6.45, 7) is -0.698. The third-order valence-electron chi connectivity index (χ3n) is 3.04. The maximum absolute atomic E-state index is 11.6. The Kier molecular flexibility index (Phi) is 3.62. The standard InChI is InChI=1S/C10H15N3O5/c11-7-1-2-13(10(17)12-7)9-8(16)5(3-14)6(4-15)18-9/h1-2,5-6,8-9,14-16H,3-4H2,(H2,11,12,17)/t5?,6-,8?,9-/m1/s1. The summed E-state index contributed by atoms with van der Waals surface area (Å²) in [5, 5.41) is 28.2. The summed E-state index contributed by atoms with van der Waals surface area (Å²) in [5.41, 5.74) is 4.70. The lowest BCUT2D eigenvalue weighted by atomic mass is 9.99. The summed E-state index contributed by atoms with van der Waals surface area (Å²) in [6.07, 6.45) is -1.46. The summed E-state index contributed by atoms with van der Waals surface area (Å²) >= 11 is 0. The number of aliphatic hydroxyl groups excluding tert-OH is 3. The summed E-state index contributed by atoms with van der Waals surface area (Å²) in [7, 11) is 0. The van der Waals surface area contributed by atoms with Gasteiger partial charge in [0.1, 0.15) is 11.9 Å². The molecule has 1 aliphatic rings. The summed E-state index contributed by atoms with van der Waals surface area (Å²) < 4.78 is 6.44. The van der Waals surface area contributed by atoms with Gasteiger partial charge >= 0.3 is 5.69 Å². The zero-order valence-electron chi connectivity index (χ0n) is 9.51. The smallest absolute Gasteiger partial charge is 0.351 e. The van der Waals surface area contributed by atoms with Crippen LogP contribution in [0.4, 0.5) is 5.82 Å². The van der Waals surface area contributed by atoms with Gasteiger partial charge in [0.05, 0.1) is 19.3 Å². The molecule has 4 atom stereocenters. The number of aliphatic hydroxyl groups is 3. The molecule has 1 aromatic rings. The van der Waals surface area contributed by atoms with Crippen molar-refractivity contribution in [2.24, 2.45) is 5.92 Å². The number of aromatic nitrogens is 2. The molecule has 0 aromatic carbocycles. The first-order valence-corrected chi connectivity index (χ1v) is 5.48. The van der Waals surface area contributed by atoms with Crippen LogP contribution in [0, 0.1) is 5.92 Å². The van der Waals surface area contributed by atoms with E-state index in [1.54, 1.807) is 0 Å². The molecule has 2 rings (SSSR count). The van der Waals surface area contributed by atoms with Gasteiger partial charge in [-0.1, -0.05) is 0 Å². The SMILES string of the molecule is Nc1ccn([C@@H]2O[C@H](CO)C(CO)C2O)c(=O)n1. The lowest BCUT2D eigenvalue weighted by Crippen LogP contribution is -2.34. The van der Waals surface area contributed by atoms with Crippen molar-refractivity contribution in [1.82, 2.24) is 9.55 Å². The second kappa shape index (κ2) is 5.02. The Labute approximate surface area is 102 Å². The van der Waals surface area contributed by atoms with Crippen LogP contribution in [0.3, 0.4) is 0 Å². The van der Waals surface area contributed by atoms with E-state index < -0.39 is 30.0 Å². The van der Waals surface area contributed by atoms with Crippen LogP contribution in [0.5, 0.6) is 0 Å². The fraction of sp³-hybridized carbons (Fsp3) is 0.600. The number of nitrogens with two attached hydrogens (primary N) is 1. The first-order chi connectivity index (χ1) is 8.58. The Balaban J connectivity index is 2.32. The van der Waals surface area contributed by atoms with Gasteiger partial charge in [0.2, 0.25) is 0 Å². The third kappa shape index (κ3) is 2.10. The molecule has 0 radical (unpaired) electrons. The average molecular weight is 257 g/mol. The zero-order chi connectivity index (χ0) is 13.3. The van der Waals surface area contributed by atoms with Gasteiger partial charge in [-0.2, -0.15) is 4.98 Å². The fourth-order valence-corrected chi connectivity index (χ4v) is 2.05. The lowest BCUT2D eigenvalue weighted by Gasteiger charge is -2.17. The highest BCUT2D eigenvalue weighted by Gasteiger charge is 2.44. The molecule has 1 aliphatic heterocycles. The summed E-state index contributed by atoms with van der Waals surface area (Å²) in [4.78, 5) is 15.1. The number of rotatable bonds is 3. The van der Waals surface area contributed by atoms with Crippen LogP contribution in [0.25, 0.3) is 0 Å². The van der Waals surface area contributed by atoms with E-state index in [0.717, 1.165) is 4.57 Å². The summed E-state index contributed by atoms with van der Waals surface area (Å²) in [5.74, 6) is -0.578. The van der Waals surface area contributed by atoms with E-state index in [1.165, 1.54) is 12.3 Å². The molecule has 8 nitrogen and oxygen atoms in total. The molecule has 1 fully saturated rings. The van der Waals surface area contributed by atoms with Crippen LogP contribution in [0.1, 0.15) is 6.23 Å². The van der Waals surface area contributed by atoms with Crippen LogP contribution < -0.4 is 11.4 Å². The monoisotopic (exact) mass is 257 g/mol. The minimum atomic E-state index is -1.10. The number of anilines is 1. The van der Waals surface area contributed by atoms with E-state index in [-0.39, 0.29) is 19.0 Å². The minimum absolute atomic E-state index is 0.0705. The van der Waals surface area contributed by atoms with Gasteiger partial charge < -0.3 is 25.8 Å². The first-order valence-electron chi connectivity index (χ1n) is 5.48. The molecule has 0 spiro atoms. The fourth-order valence-electron chi connectivity index (χ4n) is 2.05. The maximum Gasteiger partial charge on any atom is 0.351 e. The van der Waals surface area contributed by atoms with Gasteiger partial charge in [-0.15, -0.1) is 0 Å². The molecule has 2 heterocycles. The first kappa shape index (κ1) is 13.0. The van der Waals surface area contributed by atoms with Crippen molar-refractivity contribution in [3.05, 3.63) is 22.7 Å². The van der Waals surface area contributed by atoms with E-state index in [0.29, 0.717) is 0 Å². The molecule has 18 heavy (non-hydrogen) atoms. The highest BCUT2D eigenvalue weighted by Crippen LogP contribution is 2.32. The number of hydrogen-bond acceptors (Lipinski definition) is 7. The van der Waals surface area contributed by atoms with E-state index in [9.17, 15) is 9.90 Å². The van der Waals surface area contributed by atoms with Crippen molar-refractivity contribution in [3.8, 4) is 0 Å². The zero-order valence-corrected chi connectivity index (χ0v) is 9.51. The van der Waals surface area contributed by atoms with Crippen LogP contribution in [0.2, 0.25) is 0 Å². The van der Waals surface area contributed by atoms with Crippen molar-refractivity contribution in [1.29, 1.82) is 0 Å². The molecule has 0 aliphatic carbocycles. The molecule has 0 saturated carbocycles. The number of nitrogens with zero attached hydrogens (tertiary/aromatic N) is 2. The lowest BCUT2D eigenvalue weighted by molar-refractivity contribution is -0.0537. The second-order valence-corrected chi connectivity index (χ2v) is 4.13. The van der Waals surface area contributed by atoms with E-state index in [4.69, 9.17) is 20.7 Å². The predicted octanol–water partition coefficient (Wildman–Crippen LogP) is -2.32. The maximum atomic E-state index is 11.6. The van der Waals surface area contributed by atoms with E-state index >= 15 is 0 Å². The van der Waals surface area contributed by atoms with E-state index in [2.05, 4.69) is 4.98 Å². The molecule has 2 unspecified atom stereocenters.